The van der Waals surface area contributed by atoms with Gasteiger partial charge in [-0.25, -0.2) is 4.79 Å². The van der Waals surface area contributed by atoms with Crippen LogP contribution in [0, 0.1) is 0 Å². The smallest absolute Gasteiger partial charge is 0.330 e. The standard InChI is InChI=1S/C19H26O10/c1-26-12-5-2-11(3-6-12)4-7-15(22)27-10-13(8-20)28-19-18(25)17(24)16(23)14(9-21)29-19/h2-7,13-14,16-21,23-25H,8-10H2,1H3/t13-,14+,16+,17-,18+,19+/m0/s1. The zero-order chi connectivity index (χ0) is 21.4. The Morgan fingerprint density at radius 3 is 2.41 bits per heavy atom. The molecule has 29 heavy (non-hydrogen) atoms. The van der Waals surface area contributed by atoms with Crippen molar-refractivity contribution < 1.29 is 49.3 Å². The van der Waals surface area contributed by atoms with E-state index in [9.17, 15) is 25.2 Å². The van der Waals surface area contributed by atoms with Crippen molar-refractivity contribution in [1.82, 2.24) is 0 Å². The summed E-state index contributed by atoms with van der Waals surface area (Å²) < 4.78 is 20.6. The molecule has 1 aliphatic rings. The largest absolute Gasteiger partial charge is 0.497 e. The van der Waals surface area contributed by atoms with Crippen molar-refractivity contribution in [3.63, 3.8) is 0 Å². The van der Waals surface area contributed by atoms with Gasteiger partial charge < -0.3 is 44.5 Å². The number of rotatable bonds is 9. The van der Waals surface area contributed by atoms with Crippen LogP contribution in [0.4, 0.5) is 0 Å². The molecular formula is C19H26O10. The van der Waals surface area contributed by atoms with E-state index in [4.69, 9.17) is 24.1 Å². The fourth-order valence-electron chi connectivity index (χ4n) is 2.61. The predicted octanol–water partition coefficient (Wildman–Crippen LogP) is -1.57. The van der Waals surface area contributed by atoms with Gasteiger partial charge in [0, 0.05) is 6.08 Å². The molecule has 10 nitrogen and oxygen atoms in total. The first-order valence-corrected chi connectivity index (χ1v) is 8.95. The van der Waals surface area contributed by atoms with Crippen LogP contribution in [0.5, 0.6) is 5.75 Å². The van der Waals surface area contributed by atoms with Crippen LogP contribution in [-0.2, 0) is 19.0 Å². The van der Waals surface area contributed by atoms with E-state index in [1.165, 1.54) is 12.2 Å². The van der Waals surface area contributed by atoms with Gasteiger partial charge >= 0.3 is 5.97 Å². The van der Waals surface area contributed by atoms with Crippen molar-refractivity contribution in [2.75, 3.05) is 26.9 Å². The van der Waals surface area contributed by atoms with E-state index in [0.717, 1.165) is 5.56 Å². The molecule has 0 amide bonds. The highest BCUT2D eigenvalue weighted by Crippen LogP contribution is 2.23. The molecule has 1 aromatic carbocycles. The van der Waals surface area contributed by atoms with Gasteiger partial charge in [0.25, 0.3) is 0 Å². The summed E-state index contributed by atoms with van der Waals surface area (Å²) in [7, 11) is 1.55. The minimum Gasteiger partial charge on any atom is -0.497 e. The molecule has 2 rings (SSSR count). The van der Waals surface area contributed by atoms with Crippen molar-refractivity contribution in [1.29, 1.82) is 0 Å². The lowest BCUT2D eigenvalue weighted by molar-refractivity contribution is -0.315. The maximum Gasteiger partial charge on any atom is 0.330 e. The van der Waals surface area contributed by atoms with E-state index in [1.807, 2.05) is 0 Å². The van der Waals surface area contributed by atoms with Gasteiger partial charge in [0.2, 0.25) is 0 Å². The Balaban J connectivity index is 1.85. The molecule has 6 atom stereocenters. The van der Waals surface area contributed by atoms with Crippen LogP contribution in [0.2, 0.25) is 0 Å². The van der Waals surface area contributed by atoms with E-state index < -0.39 is 56.0 Å². The van der Waals surface area contributed by atoms with Crippen LogP contribution in [0.15, 0.2) is 30.3 Å². The van der Waals surface area contributed by atoms with Crippen molar-refractivity contribution in [2.45, 2.75) is 36.8 Å². The van der Waals surface area contributed by atoms with Gasteiger partial charge in [-0.3, -0.25) is 0 Å². The van der Waals surface area contributed by atoms with Crippen LogP contribution in [0.25, 0.3) is 6.08 Å². The number of ether oxygens (including phenoxy) is 4. The van der Waals surface area contributed by atoms with Gasteiger partial charge in [-0.05, 0) is 23.8 Å². The SMILES string of the molecule is COc1ccc(C=CC(=O)OC[C@H](CO)O[C@@H]2O[C@H](CO)[C@@H](O)[C@H](O)[C@H]2O)cc1. The number of hydrogen-bond acceptors (Lipinski definition) is 10. The highest BCUT2D eigenvalue weighted by Gasteiger charge is 2.44. The molecule has 0 bridgehead atoms. The number of methoxy groups -OCH3 is 1. The van der Waals surface area contributed by atoms with Crippen molar-refractivity contribution >= 4 is 12.0 Å². The van der Waals surface area contributed by atoms with Crippen LogP contribution < -0.4 is 4.74 Å². The molecule has 1 aromatic rings. The first-order chi connectivity index (χ1) is 13.9. The lowest BCUT2D eigenvalue weighted by atomic mass is 9.99. The molecule has 0 aliphatic carbocycles. The summed E-state index contributed by atoms with van der Waals surface area (Å²) in [6.45, 7) is -1.53. The van der Waals surface area contributed by atoms with Gasteiger partial charge in [-0.15, -0.1) is 0 Å². The fraction of sp³-hybridized carbons (Fsp3) is 0.526. The Morgan fingerprint density at radius 1 is 1.14 bits per heavy atom. The van der Waals surface area contributed by atoms with Crippen molar-refractivity contribution in [2.24, 2.45) is 0 Å². The van der Waals surface area contributed by atoms with Crippen molar-refractivity contribution in [3.8, 4) is 5.75 Å². The van der Waals surface area contributed by atoms with Crippen LogP contribution in [0.3, 0.4) is 0 Å². The molecule has 0 radical (unpaired) electrons. The summed E-state index contributed by atoms with van der Waals surface area (Å²) in [6, 6.07) is 6.98. The summed E-state index contributed by atoms with van der Waals surface area (Å²) >= 11 is 0. The van der Waals surface area contributed by atoms with Crippen LogP contribution >= 0.6 is 0 Å². The average Bonchev–Trinajstić information content (AvgIpc) is 2.75. The third-order valence-corrected chi connectivity index (χ3v) is 4.32. The van der Waals surface area contributed by atoms with E-state index >= 15 is 0 Å². The highest BCUT2D eigenvalue weighted by atomic mass is 16.7. The number of carbonyl (C=O) groups is 1. The van der Waals surface area contributed by atoms with Crippen LogP contribution in [-0.4, -0.2) is 95.2 Å². The normalized spacial score (nSPS) is 28.3. The molecule has 10 heteroatoms. The molecule has 162 valence electrons. The Labute approximate surface area is 167 Å². The molecule has 0 spiro atoms. The number of aliphatic hydroxyl groups is 5. The number of hydrogen-bond donors (Lipinski definition) is 5. The second kappa shape index (κ2) is 11.2. The first-order valence-electron chi connectivity index (χ1n) is 8.95. The van der Waals surface area contributed by atoms with Gasteiger partial charge in [-0.1, -0.05) is 12.1 Å². The van der Waals surface area contributed by atoms with Gasteiger partial charge in [-0.2, -0.15) is 0 Å². The highest BCUT2D eigenvalue weighted by molar-refractivity contribution is 5.87. The monoisotopic (exact) mass is 414 g/mol. The molecule has 0 unspecified atom stereocenters. The van der Waals surface area contributed by atoms with Crippen molar-refractivity contribution in [3.05, 3.63) is 35.9 Å². The van der Waals surface area contributed by atoms with E-state index in [0.29, 0.717) is 5.75 Å². The van der Waals surface area contributed by atoms with Gasteiger partial charge in [0.15, 0.2) is 6.29 Å². The number of carbonyl (C=O) groups excluding carboxylic acids is 1. The minimum absolute atomic E-state index is 0.350. The first kappa shape index (κ1) is 23.2. The molecular weight excluding hydrogens is 388 g/mol. The maximum atomic E-state index is 11.9. The molecule has 1 aliphatic heterocycles. The molecule has 5 N–H and O–H groups in total. The zero-order valence-corrected chi connectivity index (χ0v) is 15.8. The van der Waals surface area contributed by atoms with Gasteiger partial charge in [0.05, 0.1) is 20.3 Å². The van der Waals surface area contributed by atoms with E-state index in [-0.39, 0.29) is 6.61 Å². The summed E-state index contributed by atoms with van der Waals surface area (Å²) in [5.41, 5.74) is 0.749. The fourth-order valence-corrected chi connectivity index (χ4v) is 2.61. The molecule has 1 heterocycles. The number of esters is 1. The van der Waals surface area contributed by atoms with Crippen LogP contribution in [0.1, 0.15) is 5.56 Å². The van der Waals surface area contributed by atoms with E-state index in [1.54, 1.807) is 31.4 Å². The average molecular weight is 414 g/mol. The Morgan fingerprint density at radius 2 is 1.83 bits per heavy atom. The summed E-state index contributed by atoms with van der Waals surface area (Å²) in [5.74, 6) is -0.00229. The number of aliphatic hydroxyl groups excluding tert-OH is 5. The minimum atomic E-state index is -1.62. The molecule has 1 fully saturated rings. The maximum absolute atomic E-state index is 11.9. The summed E-state index contributed by atoms with van der Waals surface area (Å²) in [5, 5.41) is 48.0. The summed E-state index contributed by atoms with van der Waals surface area (Å²) in [4.78, 5) is 11.9. The molecule has 0 aromatic heterocycles. The Hall–Kier alpha value is -2.05. The Bertz CT molecular complexity index is 659. The zero-order valence-electron chi connectivity index (χ0n) is 15.8. The molecule has 1 saturated heterocycles. The second-order valence-electron chi connectivity index (χ2n) is 6.37. The molecule has 0 saturated carbocycles. The lowest BCUT2D eigenvalue weighted by Gasteiger charge is -2.40. The number of benzene rings is 1. The topological polar surface area (TPSA) is 155 Å². The summed E-state index contributed by atoms with van der Waals surface area (Å²) in [6.07, 6.45) is -5.66. The lowest BCUT2D eigenvalue weighted by Crippen LogP contribution is -2.60. The third kappa shape index (κ3) is 6.47. The third-order valence-electron chi connectivity index (χ3n) is 4.32. The van der Waals surface area contributed by atoms with Gasteiger partial charge in [0.1, 0.15) is 42.9 Å². The second-order valence-corrected chi connectivity index (χ2v) is 6.37. The Kier molecular flexibility index (Phi) is 8.99. The van der Waals surface area contributed by atoms with E-state index in [2.05, 4.69) is 0 Å². The predicted molar refractivity (Wildman–Crippen MR) is 98.7 cm³/mol. The quantitative estimate of drug-likeness (QED) is 0.236.